The van der Waals surface area contributed by atoms with Crippen LogP contribution in [0.5, 0.6) is 5.75 Å². The number of benzene rings is 1. The zero-order valence-electron chi connectivity index (χ0n) is 11.1. The number of carbonyl (C=O) groups is 1. The molecule has 0 saturated heterocycles. The van der Waals surface area contributed by atoms with Gasteiger partial charge in [-0.3, -0.25) is 4.79 Å². The van der Waals surface area contributed by atoms with Gasteiger partial charge < -0.3 is 14.8 Å². The number of ether oxygens (including phenoxy) is 2. The number of rotatable bonds is 8. The molecule has 0 bridgehead atoms. The number of esters is 1. The molecule has 0 amide bonds. The van der Waals surface area contributed by atoms with E-state index in [0.717, 1.165) is 24.5 Å². The Labute approximate surface area is 108 Å². The summed E-state index contributed by atoms with van der Waals surface area (Å²) in [5.41, 5.74) is 0.975. The predicted octanol–water partition coefficient (Wildman–Crippen LogP) is 2.84. The standard InChI is InChI=1S/C14H21NO3/c1-3-11-18-13-7-5-12(6-8-13)15-10-9-14(16)17-4-2/h5-8,15H,3-4,9-11H2,1-2H3. The van der Waals surface area contributed by atoms with Crippen LogP contribution in [-0.4, -0.2) is 25.7 Å². The van der Waals surface area contributed by atoms with Crippen LogP contribution in [0.4, 0.5) is 5.69 Å². The zero-order valence-corrected chi connectivity index (χ0v) is 11.1. The molecule has 18 heavy (non-hydrogen) atoms. The van der Waals surface area contributed by atoms with Crippen molar-refractivity contribution >= 4 is 11.7 Å². The smallest absolute Gasteiger partial charge is 0.307 e. The Balaban J connectivity index is 2.28. The van der Waals surface area contributed by atoms with Gasteiger partial charge in [0.1, 0.15) is 5.75 Å². The monoisotopic (exact) mass is 251 g/mol. The van der Waals surface area contributed by atoms with Crippen molar-refractivity contribution in [2.45, 2.75) is 26.7 Å². The number of hydrogen-bond donors (Lipinski definition) is 1. The highest BCUT2D eigenvalue weighted by molar-refractivity contribution is 5.70. The van der Waals surface area contributed by atoms with E-state index in [9.17, 15) is 4.79 Å². The molecule has 0 aliphatic rings. The van der Waals surface area contributed by atoms with Crippen molar-refractivity contribution < 1.29 is 14.3 Å². The van der Waals surface area contributed by atoms with Gasteiger partial charge in [0.15, 0.2) is 0 Å². The highest BCUT2D eigenvalue weighted by Crippen LogP contribution is 2.15. The molecule has 4 nitrogen and oxygen atoms in total. The molecule has 4 heteroatoms. The summed E-state index contributed by atoms with van der Waals surface area (Å²) < 4.78 is 10.3. The second-order valence-electron chi connectivity index (χ2n) is 3.85. The first-order valence-corrected chi connectivity index (χ1v) is 6.38. The van der Waals surface area contributed by atoms with E-state index in [2.05, 4.69) is 12.2 Å². The quantitative estimate of drug-likeness (QED) is 0.722. The lowest BCUT2D eigenvalue weighted by Crippen LogP contribution is -2.11. The van der Waals surface area contributed by atoms with Gasteiger partial charge in [0, 0.05) is 12.2 Å². The van der Waals surface area contributed by atoms with E-state index in [1.54, 1.807) is 6.92 Å². The van der Waals surface area contributed by atoms with Gasteiger partial charge in [-0.25, -0.2) is 0 Å². The number of carbonyl (C=O) groups excluding carboxylic acids is 1. The molecule has 0 radical (unpaired) electrons. The largest absolute Gasteiger partial charge is 0.494 e. The van der Waals surface area contributed by atoms with Gasteiger partial charge in [-0.1, -0.05) is 6.92 Å². The molecule has 0 spiro atoms. The molecule has 1 rings (SSSR count). The van der Waals surface area contributed by atoms with Crippen molar-refractivity contribution in [3.05, 3.63) is 24.3 Å². The maximum absolute atomic E-state index is 11.1. The Morgan fingerprint density at radius 3 is 2.56 bits per heavy atom. The van der Waals surface area contributed by atoms with Gasteiger partial charge in [-0.2, -0.15) is 0 Å². The van der Waals surface area contributed by atoms with Crippen molar-refractivity contribution in [2.24, 2.45) is 0 Å². The number of nitrogens with one attached hydrogen (secondary N) is 1. The lowest BCUT2D eigenvalue weighted by atomic mass is 10.3. The van der Waals surface area contributed by atoms with E-state index in [1.165, 1.54) is 0 Å². The first-order valence-electron chi connectivity index (χ1n) is 6.38. The molecular weight excluding hydrogens is 230 g/mol. The SMILES string of the molecule is CCCOc1ccc(NCCC(=O)OCC)cc1. The molecule has 0 aliphatic carbocycles. The third-order valence-corrected chi connectivity index (χ3v) is 2.29. The van der Waals surface area contributed by atoms with Gasteiger partial charge in [-0.15, -0.1) is 0 Å². The molecule has 0 fully saturated rings. The second kappa shape index (κ2) is 8.39. The molecule has 0 heterocycles. The lowest BCUT2D eigenvalue weighted by molar-refractivity contribution is -0.142. The van der Waals surface area contributed by atoms with E-state index in [1.807, 2.05) is 24.3 Å². The topological polar surface area (TPSA) is 47.6 Å². The second-order valence-corrected chi connectivity index (χ2v) is 3.85. The molecule has 0 aliphatic heterocycles. The molecule has 1 N–H and O–H groups in total. The first kappa shape index (κ1) is 14.4. The number of anilines is 1. The fraction of sp³-hybridized carbons (Fsp3) is 0.500. The minimum Gasteiger partial charge on any atom is -0.494 e. The van der Waals surface area contributed by atoms with Crippen molar-refractivity contribution in [1.29, 1.82) is 0 Å². The van der Waals surface area contributed by atoms with Crippen molar-refractivity contribution in [3.63, 3.8) is 0 Å². The van der Waals surface area contributed by atoms with Crippen LogP contribution >= 0.6 is 0 Å². The van der Waals surface area contributed by atoms with Crippen molar-refractivity contribution in [2.75, 3.05) is 25.1 Å². The molecule has 100 valence electrons. The van der Waals surface area contributed by atoms with E-state index in [0.29, 0.717) is 19.6 Å². The van der Waals surface area contributed by atoms with E-state index in [-0.39, 0.29) is 5.97 Å². The van der Waals surface area contributed by atoms with Crippen molar-refractivity contribution in [3.8, 4) is 5.75 Å². The summed E-state index contributed by atoms with van der Waals surface area (Å²) in [5.74, 6) is 0.695. The molecular formula is C14H21NO3. The van der Waals surface area contributed by atoms with Gasteiger partial charge in [0.25, 0.3) is 0 Å². The Hall–Kier alpha value is -1.71. The Bertz CT molecular complexity index is 349. The van der Waals surface area contributed by atoms with Gasteiger partial charge in [-0.05, 0) is 37.6 Å². The highest BCUT2D eigenvalue weighted by atomic mass is 16.5. The molecule has 1 aromatic carbocycles. The van der Waals surface area contributed by atoms with Crippen LogP contribution in [0.25, 0.3) is 0 Å². The molecule has 0 atom stereocenters. The van der Waals surface area contributed by atoms with Crippen LogP contribution in [-0.2, 0) is 9.53 Å². The van der Waals surface area contributed by atoms with E-state index in [4.69, 9.17) is 9.47 Å². The van der Waals surface area contributed by atoms with Crippen molar-refractivity contribution in [1.82, 2.24) is 0 Å². The third-order valence-electron chi connectivity index (χ3n) is 2.29. The van der Waals surface area contributed by atoms with Crippen LogP contribution in [0, 0.1) is 0 Å². The average molecular weight is 251 g/mol. The first-order chi connectivity index (χ1) is 8.76. The Morgan fingerprint density at radius 2 is 1.94 bits per heavy atom. The fourth-order valence-corrected chi connectivity index (χ4v) is 1.43. The third kappa shape index (κ3) is 5.57. The summed E-state index contributed by atoms with van der Waals surface area (Å²) in [5, 5.41) is 3.16. The summed E-state index contributed by atoms with van der Waals surface area (Å²) in [4.78, 5) is 11.1. The normalized spacial score (nSPS) is 9.89. The number of hydrogen-bond acceptors (Lipinski definition) is 4. The van der Waals surface area contributed by atoms with Crippen LogP contribution < -0.4 is 10.1 Å². The maximum atomic E-state index is 11.1. The average Bonchev–Trinajstić information content (AvgIpc) is 2.38. The van der Waals surface area contributed by atoms with E-state index >= 15 is 0 Å². The minimum atomic E-state index is -0.173. The Morgan fingerprint density at radius 1 is 1.22 bits per heavy atom. The van der Waals surface area contributed by atoms with Crippen LogP contribution in [0.15, 0.2) is 24.3 Å². The summed E-state index contributed by atoms with van der Waals surface area (Å²) in [7, 11) is 0. The van der Waals surface area contributed by atoms with Crippen LogP contribution in [0.2, 0.25) is 0 Å². The van der Waals surface area contributed by atoms with Crippen LogP contribution in [0.3, 0.4) is 0 Å². The van der Waals surface area contributed by atoms with E-state index < -0.39 is 0 Å². The zero-order chi connectivity index (χ0) is 13.2. The highest BCUT2D eigenvalue weighted by Gasteiger charge is 2.00. The Kier molecular flexibility index (Phi) is 6.69. The minimum absolute atomic E-state index is 0.173. The van der Waals surface area contributed by atoms with Crippen LogP contribution in [0.1, 0.15) is 26.7 Å². The summed E-state index contributed by atoms with van der Waals surface area (Å²) >= 11 is 0. The predicted molar refractivity (Wildman–Crippen MR) is 72.0 cm³/mol. The lowest BCUT2D eigenvalue weighted by Gasteiger charge is -2.08. The fourth-order valence-electron chi connectivity index (χ4n) is 1.43. The molecule has 1 aromatic rings. The maximum Gasteiger partial charge on any atom is 0.307 e. The summed E-state index contributed by atoms with van der Waals surface area (Å²) in [6.07, 6.45) is 1.38. The summed E-state index contributed by atoms with van der Waals surface area (Å²) in [6, 6.07) is 7.72. The molecule has 0 aromatic heterocycles. The summed E-state index contributed by atoms with van der Waals surface area (Å²) in [6.45, 7) is 5.62. The molecule has 0 saturated carbocycles. The van der Waals surface area contributed by atoms with Gasteiger partial charge in [0.2, 0.25) is 0 Å². The van der Waals surface area contributed by atoms with Gasteiger partial charge in [0.05, 0.1) is 19.6 Å². The molecule has 0 unspecified atom stereocenters. The van der Waals surface area contributed by atoms with Gasteiger partial charge >= 0.3 is 5.97 Å².